The fraction of sp³-hybridized carbons (Fsp3) is 0.500. The molecule has 21 heavy (non-hydrogen) atoms. The molecule has 7 heteroatoms. The summed E-state index contributed by atoms with van der Waals surface area (Å²) < 4.78 is 3.67. The summed E-state index contributed by atoms with van der Waals surface area (Å²) in [4.78, 5) is 14.2. The average Bonchev–Trinajstić information content (AvgIpc) is 2.45. The number of amides is 1. The summed E-state index contributed by atoms with van der Waals surface area (Å²) in [6.45, 7) is 4.27. The van der Waals surface area contributed by atoms with Crippen LogP contribution < -0.4 is 5.32 Å². The third-order valence-corrected chi connectivity index (χ3v) is 3.92. The number of ether oxygens (including phenoxy) is 1. The molecule has 0 aliphatic carbocycles. The van der Waals surface area contributed by atoms with Crippen LogP contribution in [0.25, 0.3) is 0 Å². The van der Waals surface area contributed by atoms with E-state index in [9.17, 15) is 4.79 Å². The van der Waals surface area contributed by atoms with E-state index in [1.165, 1.54) is 0 Å². The Bertz CT molecular complexity index is 482. The normalized spacial score (nSPS) is 18.3. The first-order valence-electron chi connectivity index (χ1n) is 6.64. The smallest absolute Gasteiger partial charge is 0.252 e. The number of benzene rings is 1. The fourth-order valence-electron chi connectivity index (χ4n) is 2.13. The Balaban J connectivity index is 2.10. The molecule has 1 aromatic rings. The summed E-state index contributed by atoms with van der Waals surface area (Å²) in [5.41, 5.74) is 1.62. The lowest BCUT2D eigenvalue weighted by Gasteiger charge is -2.38. The minimum atomic E-state index is -1.61. The monoisotopic (exact) mass is 350 g/mol. The first kappa shape index (κ1) is 16.8. The molecule has 0 saturated carbocycles. The highest BCUT2D eigenvalue weighted by molar-refractivity contribution is 6.68. The van der Waals surface area contributed by atoms with Crippen molar-refractivity contribution in [3.8, 4) is 0 Å². The molecule has 0 radical (unpaired) electrons. The minimum absolute atomic E-state index is 0.266. The number of hydrogen-bond acceptors (Lipinski definition) is 3. The van der Waals surface area contributed by atoms with E-state index in [2.05, 4.69) is 5.32 Å². The van der Waals surface area contributed by atoms with E-state index >= 15 is 0 Å². The van der Waals surface area contributed by atoms with Crippen molar-refractivity contribution >= 4 is 40.7 Å². The molecule has 1 atom stereocenters. The van der Waals surface area contributed by atoms with E-state index in [4.69, 9.17) is 39.5 Å². The van der Waals surface area contributed by atoms with Crippen molar-refractivity contribution in [2.24, 2.45) is 0 Å². The quantitative estimate of drug-likeness (QED) is 0.852. The van der Waals surface area contributed by atoms with Crippen molar-refractivity contribution in [3.05, 3.63) is 35.4 Å². The van der Waals surface area contributed by atoms with Gasteiger partial charge in [0.05, 0.1) is 13.2 Å². The molecule has 1 aliphatic heterocycles. The van der Waals surface area contributed by atoms with Crippen LogP contribution >= 0.6 is 34.8 Å². The van der Waals surface area contributed by atoms with E-state index in [0.717, 1.165) is 5.56 Å². The van der Waals surface area contributed by atoms with Gasteiger partial charge in [-0.2, -0.15) is 0 Å². The van der Waals surface area contributed by atoms with Gasteiger partial charge < -0.3 is 10.1 Å². The number of nitrogens with zero attached hydrogens (tertiary/aromatic N) is 1. The molecular weight excluding hydrogens is 335 g/mol. The Kier molecular flexibility index (Phi) is 5.74. The Morgan fingerprint density at radius 3 is 2.33 bits per heavy atom. The molecule has 1 N–H and O–H groups in total. The number of carbonyl (C=O) groups is 1. The lowest BCUT2D eigenvalue weighted by Crippen LogP contribution is -2.58. The number of carbonyl (C=O) groups excluding carboxylic acids is 1. The molecule has 0 spiro atoms. The van der Waals surface area contributed by atoms with Crippen LogP contribution in [0.3, 0.4) is 0 Å². The molecule has 0 bridgehead atoms. The molecule has 4 nitrogen and oxygen atoms in total. The van der Waals surface area contributed by atoms with Gasteiger partial charge in [-0.15, -0.1) is 0 Å². The number of nitrogens with one attached hydrogen (secondary N) is 1. The van der Waals surface area contributed by atoms with Gasteiger partial charge in [0.1, 0.15) is 6.17 Å². The van der Waals surface area contributed by atoms with Crippen molar-refractivity contribution < 1.29 is 9.53 Å². The van der Waals surface area contributed by atoms with Gasteiger partial charge in [0, 0.05) is 18.7 Å². The molecule has 1 heterocycles. The highest BCUT2D eigenvalue weighted by atomic mass is 35.6. The number of aryl methyl sites for hydroxylation is 1. The van der Waals surface area contributed by atoms with Crippen LogP contribution in [0.5, 0.6) is 0 Å². The van der Waals surface area contributed by atoms with E-state index in [1.54, 1.807) is 12.1 Å². The minimum Gasteiger partial charge on any atom is -0.379 e. The maximum Gasteiger partial charge on any atom is 0.252 e. The molecule has 1 amide bonds. The largest absolute Gasteiger partial charge is 0.379 e. The maximum atomic E-state index is 12.3. The van der Waals surface area contributed by atoms with Gasteiger partial charge in [-0.3, -0.25) is 9.69 Å². The zero-order valence-electron chi connectivity index (χ0n) is 11.6. The molecule has 1 saturated heterocycles. The summed E-state index contributed by atoms with van der Waals surface area (Å²) in [6, 6.07) is 7.24. The molecule has 1 aromatic carbocycles. The lowest BCUT2D eigenvalue weighted by molar-refractivity contribution is 0.00996. The number of rotatable bonds is 3. The third-order valence-electron chi connectivity index (χ3n) is 3.30. The summed E-state index contributed by atoms with van der Waals surface area (Å²) in [7, 11) is 0. The Morgan fingerprint density at radius 2 is 1.81 bits per heavy atom. The van der Waals surface area contributed by atoms with Crippen molar-refractivity contribution in [2.45, 2.75) is 16.9 Å². The topological polar surface area (TPSA) is 41.6 Å². The van der Waals surface area contributed by atoms with Crippen molar-refractivity contribution in [1.82, 2.24) is 10.2 Å². The van der Waals surface area contributed by atoms with Crippen LogP contribution in [-0.2, 0) is 4.74 Å². The molecule has 116 valence electrons. The molecule has 1 aliphatic rings. The van der Waals surface area contributed by atoms with Crippen LogP contribution in [0.15, 0.2) is 24.3 Å². The highest BCUT2D eigenvalue weighted by Gasteiger charge is 2.39. The zero-order valence-corrected chi connectivity index (χ0v) is 13.9. The van der Waals surface area contributed by atoms with Gasteiger partial charge in [0.15, 0.2) is 0 Å². The Hall–Kier alpha value is -0.520. The van der Waals surface area contributed by atoms with Crippen LogP contribution in [0, 0.1) is 6.92 Å². The van der Waals surface area contributed by atoms with Crippen molar-refractivity contribution in [3.63, 3.8) is 0 Å². The standard InChI is InChI=1S/C14H17Cl3N2O2/c1-10-2-4-11(5-3-10)12(20)18-13(14(15,16)17)19-6-8-21-9-7-19/h2-5,13H,6-9H2,1H3,(H,18,20). The number of alkyl halides is 3. The van der Waals surface area contributed by atoms with Gasteiger partial charge in [0.2, 0.25) is 3.79 Å². The molecule has 0 aromatic heterocycles. The number of halogens is 3. The van der Waals surface area contributed by atoms with Gasteiger partial charge in [-0.25, -0.2) is 0 Å². The second kappa shape index (κ2) is 7.16. The predicted octanol–water partition coefficient (Wildman–Crippen LogP) is 2.75. The second-order valence-corrected chi connectivity index (χ2v) is 7.30. The Labute approximate surface area is 139 Å². The highest BCUT2D eigenvalue weighted by Crippen LogP contribution is 2.32. The van der Waals surface area contributed by atoms with Crippen LogP contribution in [-0.4, -0.2) is 47.1 Å². The summed E-state index contributed by atoms with van der Waals surface area (Å²) in [5.74, 6) is -0.266. The third kappa shape index (κ3) is 4.73. The summed E-state index contributed by atoms with van der Waals surface area (Å²) in [5, 5.41) is 2.80. The number of morpholine rings is 1. The van der Waals surface area contributed by atoms with Gasteiger partial charge in [0.25, 0.3) is 5.91 Å². The molecule has 1 fully saturated rings. The predicted molar refractivity (Wildman–Crippen MR) is 85.1 cm³/mol. The molecule has 2 rings (SSSR count). The van der Waals surface area contributed by atoms with Crippen LogP contribution in [0.2, 0.25) is 0 Å². The summed E-state index contributed by atoms with van der Waals surface area (Å²) in [6.07, 6.45) is -0.694. The van der Waals surface area contributed by atoms with E-state index < -0.39 is 9.96 Å². The van der Waals surface area contributed by atoms with Gasteiger partial charge >= 0.3 is 0 Å². The Morgan fingerprint density at radius 1 is 1.24 bits per heavy atom. The second-order valence-electron chi connectivity index (χ2n) is 4.93. The van der Waals surface area contributed by atoms with Gasteiger partial charge in [-0.05, 0) is 19.1 Å². The first-order valence-corrected chi connectivity index (χ1v) is 7.77. The SMILES string of the molecule is Cc1ccc(C(=O)NC(N2CCOCC2)C(Cl)(Cl)Cl)cc1. The lowest BCUT2D eigenvalue weighted by atomic mass is 10.1. The molecule has 1 unspecified atom stereocenters. The van der Waals surface area contributed by atoms with Crippen molar-refractivity contribution in [1.29, 1.82) is 0 Å². The van der Waals surface area contributed by atoms with Crippen LogP contribution in [0.1, 0.15) is 15.9 Å². The van der Waals surface area contributed by atoms with E-state index in [-0.39, 0.29) is 5.91 Å². The summed E-state index contributed by atoms with van der Waals surface area (Å²) >= 11 is 18.1. The number of hydrogen-bond donors (Lipinski definition) is 1. The van der Waals surface area contributed by atoms with Crippen LogP contribution in [0.4, 0.5) is 0 Å². The molecular formula is C14H17Cl3N2O2. The van der Waals surface area contributed by atoms with Crippen molar-refractivity contribution in [2.75, 3.05) is 26.3 Å². The zero-order chi connectivity index (χ0) is 15.5. The first-order chi connectivity index (χ1) is 9.88. The van der Waals surface area contributed by atoms with E-state index in [0.29, 0.717) is 31.9 Å². The van der Waals surface area contributed by atoms with Gasteiger partial charge in [-0.1, -0.05) is 52.5 Å². The van der Waals surface area contributed by atoms with E-state index in [1.807, 2.05) is 24.0 Å². The fourth-order valence-corrected chi connectivity index (χ4v) is 2.71. The average molecular weight is 352 g/mol. The maximum absolute atomic E-state index is 12.3.